The van der Waals surface area contributed by atoms with Crippen molar-refractivity contribution < 1.29 is 9.21 Å². The predicted molar refractivity (Wildman–Crippen MR) is 53.2 cm³/mol. The highest BCUT2D eigenvalue weighted by Crippen LogP contribution is 2.34. The molecule has 1 aromatic rings. The average Bonchev–Trinajstić information content (AvgIpc) is 2.72. The van der Waals surface area contributed by atoms with Gasteiger partial charge in [-0.2, -0.15) is 0 Å². The maximum atomic E-state index is 11.7. The molecule has 1 saturated heterocycles. The van der Waals surface area contributed by atoms with Crippen LogP contribution >= 0.6 is 0 Å². The molecule has 0 spiro atoms. The second-order valence-corrected chi connectivity index (χ2v) is 3.87. The van der Waals surface area contributed by atoms with Crippen LogP contribution in [0, 0.1) is 0 Å². The topological polar surface area (TPSA) is 42.2 Å². The minimum Gasteiger partial charge on any atom is -0.468 e. The average molecular weight is 193 g/mol. The second kappa shape index (κ2) is 3.58. The molecule has 0 saturated carbocycles. The molecule has 0 radical (unpaired) electrons. The van der Waals surface area contributed by atoms with Gasteiger partial charge in [0.15, 0.2) is 0 Å². The standard InChI is InChI=1S/C11H15NO2/c1-9(13)11(4-6-12-7-5-11)10-3-2-8-14-10/h2-3,8,12H,4-7H2,1H3. The van der Waals surface area contributed by atoms with Crippen LogP contribution in [-0.2, 0) is 10.2 Å². The van der Waals surface area contributed by atoms with Crippen molar-refractivity contribution >= 4 is 5.78 Å². The number of carbonyl (C=O) groups excluding carboxylic acids is 1. The van der Waals surface area contributed by atoms with Gasteiger partial charge in [-0.1, -0.05) is 0 Å². The number of carbonyl (C=O) groups is 1. The first-order valence-electron chi connectivity index (χ1n) is 5.01. The smallest absolute Gasteiger partial charge is 0.143 e. The lowest BCUT2D eigenvalue weighted by molar-refractivity contribution is -0.124. The highest BCUT2D eigenvalue weighted by Gasteiger charge is 2.40. The molecule has 76 valence electrons. The molecular weight excluding hydrogens is 178 g/mol. The summed E-state index contributed by atoms with van der Waals surface area (Å²) in [5.74, 6) is 1.04. The van der Waals surface area contributed by atoms with E-state index in [2.05, 4.69) is 5.32 Å². The molecule has 0 atom stereocenters. The Morgan fingerprint density at radius 1 is 1.50 bits per heavy atom. The first kappa shape index (κ1) is 9.46. The number of hydrogen-bond donors (Lipinski definition) is 1. The molecule has 2 heterocycles. The third-order valence-corrected chi connectivity index (χ3v) is 3.12. The lowest BCUT2D eigenvalue weighted by Gasteiger charge is -2.33. The van der Waals surface area contributed by atoms with E-state index in [0.717, 1.165) is 31.7 Å². The first-order valence-corrected chi connectivity index (χ1v) is 5.01. The van der Waals surface area contributed by atoms with E-state index in [-0.39, 0.29) is 11.2 Å². The van der Waals surface area contributed by atoms with Gasteiger partial charge in [0.1, 0.15) is 11.5 Å². The van der Waals surface area contributed by atoms with Crippen LogP contribution in [0.1, 0.15) is 25.5 Å². The van der Waals surface area contributed by atoms with E-state index < -0.39 is 0 Å². The molecule has 2 rings (SSSR count). The van der Waals surface area contributed by atoms with Crippen LogP contribution < -0.4 is 5.32 Å². The Bertz CT molecular complexity index is 310. The molecule has 14 heavy (non-hydrogen) atoms. The summed E-state index contributed by atoms with van der Waals surface area (Å²) >= 11 is 0. The fourth-order valence-electron chi connectivity index (χ4n) is 2.18. The number of hydrogen-bond acceptors (Lipinski definition) is 3. The van der Waals surface area contributed by atoms with Crippen LogP contribution in [0.3, 0.4) is 0 Å². The zero-order valence-corrected chi connectivity index (χ0v) is 8.38. The summed E-state index contributed by atoms with van der Waals surface area (Å²) in [5, 5.41) is 3.26. The quantitative estimate of drug-likeness (QED) is 0.773. The molecule has 0 bridgehead atoms. The van der Waals surface area contributed by atoms with Gasteiger partial charge in [-0.05, 0) is 45.0 Å². The molecule has 3 nitrogen and oxygen atoms in total. The Hall–Kier alpha value is -1.09. The normalized spacial score (nSPS) is 20.6. The molecule has 1 aliphatic rings. The Kier molecular flexibility index (Phi) is 2.42. The summed E-state index contributed by atoms with van der Waals surface area (Å²) in [5.41, 5.74) is -0.366. The van der Waals surface area contributed by atoms with Crippen LogP contribution in [0.25, 0.3) is 0 Å². The van der Waals surface area contributed by atoms with Gasteiger partial charge in [0.05, 0.1) is 11.7 Å². The van der Waals surface area contributed by atoms with Crippen LogP contribution in [0.15, 0.2) is 22.8 Å². The highest BCUT2D eigenvalue weighted by atomic mass is 16.3. The fraction of sp³-hybridized carbons (Fsp3) is 0.545. The molecule has 1 fully saturated rings. The zero-order valence-electron chi connectivity index (χ0n) is 8.38. The van der Waals surface area contributed by atoms with Crippen LogP contribution in [0.4, 0.5) is 0 Å². The maximum Gasteiger partial charge on any atom is 0.143 e. The molecule has 1 N–H and O–H groups in total. The molecule has 0 aliphatic carbocycles. The van der Waals surface area contributed by atoms with Crippen molar-refractivity contribution in [1.29, 1.82) is 0 Å². The summed E-state index contributed by atoms with van der Waals surface area (Å²) in [6.07, 6.45) is 3.33. The number of piperidine rings is 1. The highest BCUT2D eigenvalue weighted by molar-refractivity contribution is 5.87. The number of Topliss-reactive ketones (excluding diaryl/α,β-unsaturated/α-hetero) is 1. The van der Waals surface area contributed by atoms with Crippen molar-refractivity contribution in [3.05, 3.63) is 24.2 Å². The number of rotatable bonds is 2. The Labute approximate surface area is 83.5 Å². The first-order chi connectivity index (χ1) is 6.76. The maximum absolute atomic E-state index is 11.7. The summed E-state index contributed by atoms with van der Waals surface area (Å²) < 4.78 is 5.39. The second-order valence-electron chi connectivity index (χ2n) is 3.87. The van der Waals surface area contributed by atoms with E-state index in [1.165, 1.54) is 0 Å². The van der Waals surface area contributed by atoms with Crippen LogP contribution in [0.5, 0.6) is 0 Å². The number of ketones is 1. The third kappa shape index (κ3) is 1.38. The monoisotopic (exact) mass is 193 g/mol. The molecule has 1 aromatic heterocycles. The predicted octanol–water partition coefficient (Wildman–Crippen LogP) is 1.49. The summed E-state index contributed by atoms with van der Waals surface area (Å²) in [7, 11) is 0. The summed E-state index contributed by atoms with van der Waals surface area (Å²) in [6, 6.07) is 3.76. The van der Waals surface area contributed by atoms with Gasteiger partial charge < -0.3 is 9.73 Å². The van der Waals surface area contributed by atoms with E-state index in [4.69, 9.17) is 4.42 Å². The fourth-order valence-corrected chi connectivity index (χ4v) is 2.18. The van der Waals surface area contributed by atoms with Crippen LogP contribution in [0.2, 0.25) is 0 Å². The van der Waals surface area contributed by atoms with Gasteiger partial charge in [-0.25, -0.2) is 0 Å². The van der Waals surface area contributed by atoms with E-state index >= 15 is 0 Å². The van der Waals surface area contributed by atoms with Gasteiger partial charge in [-0.3, -0.25) is 4.79 Å². The van der Waals surface area contributed by atoms with Gasteiger partial charge >= 0.3 is 0 Å². The van der Waals surface area contributed by atoms with Gasteiger partial charge in [0.2, 0.25) is 0 Å². The Balaban J connectivity index is 2.35. The molecule has 0 aromatic carbocycles. The molecule has 0 amide bonds. The lowest BCUT2D eigenvalue weighted by atomic mass is 9.74. The van der Waals surface area contributed by atoms with E-state index in [1.807, 2.05) is 12.1 Å². The Morgan fingerprint density at radius 2 is 2.21 bits per heavy atom. The summed E-state index contributed by atoms with van der Waals surface area (Å²) in [4.78, 5) is 11.7. The third-order valence-electron chi connectivity index (χ3n) is 3.12. The lowest BCUT2D eigenvalue weighted by Crippen LogP contribution is -2.44. The van der Waals surface area contributed by atoms with E-state index in [0.29, 0.717) is 0 Å². The number of furan rings is 1. The largest absolute Gasteiger partial charge is 0.468 e. The van der Waals surface area contributed by atoms with E-state index in [9.17, 15) is 4.79 Å². The SMILES string of the molecule is CC(=O)C1(c2ccco2)CCNCC1. The van der Waals surface area contributed by atoms with Crippen molar-refractivity contribution in [3.8, 4) is 0 Å². The minimum absolute atomic E-state index is 0.217. The van der Waals surface area contributed by atoms with Crippen molar-refractivity contribution in [2.45, 2.75) is 25.2 Å². The number of nitrogens with one attached hydrogen (secondary N) is 1. The Morgan fingerprint density at radius 3 is 2.71 bits per heavy atom. The summed E-state index contributed by atoms with van der Waals surface area (Å²) in [6.45, 7) is 3.44. The van der Waals surface area contributed by atoms with Crippen molar-refractivity contribution in [1.82, 2.24) is 5.32 Å². The van der Waals surface area contributed by atoms with Gasteiger partial charge in [0, 0.05) is 0 Å². The molecule has 3 heteroatoms. The molecular formula is C11H15NO2. The van der Waals surface area contributed by atoms with Crippen molar-refractivity contribution in [2.24, 2.45) is 0 Å². The zero-order chi connectivity index (χ0) is 10.0. The minimum atomic E-state index is -0.366. The van der Waals surface area contributed by atoms with Crippen LogP contribution in [-0.4, -0.2) is 18.9 Å². The molecule has 1 aliphatic heterocycles. The molecule has 0 unspecified atom stereocenters. The van der Waals surface area contributed by atoms with Crippen molar-refractivity contribution in [3.63, 3.8) is 0 Å². The van der Waals surface area contributed by atoms with E-state index in [1.54, 1.807) is 13.2 Å². The van der Waals surface area contributed by atoms with Crippen molar-refractivity contribution in [2.75, 3.05) is 13.1 Å². The van der Waals surface area contributed by atoms with Gasteiger partial charge in [0.25, 0.3) is 0 Å². The van der Waals surface area contributed by atoms with Gasteiger partial charge in [-0.15, -0.1) is 0 Å².